The minimum atomic E-state index is 0.456. The van der Waals surface area contributed by atoms with Gasteiger partial charge in [-0.25, -0.2) is 0 Å². The standard InChI is InChI=1S/C6H7N3OS/c7-4-5-3(11-6(4)8)1-2-9(5)10/h1-2,10H,7-8H2. The highest BCUT2D eigenvalue weighted by atomic mass is 32.1. The number of hydrogen-bond acceptors (Lipinski definition) is 4. The molecule has 2 rings (SSSR count). The molecule has 0 aliphatic carbocycles. The summed E-state index contributed by atoms with van der Waals surface area (Å²) in [6.07, 6.45) is 1.54. The van der Waals surface area contributed by atoms with Crippen molar-refractivity contribution in [3.8, 4) is 0 Å². The Balaban J connectivity index is 2.95. The molecular formula is C6H7N3OS. The topological polar surface area (TPSA) is 77.2 Å². The van der Waals surface area contributed by atoms with E-state index in [4.69, 9.17) is 11.5 Å². The van der Waals surface area contributed by atoms with Crippen LogP contribution in [-0.4, -0.2) is 9.94 Å². The van der Waals surface area contributed by atoms with Crippen molar-refractivity contribution in [3.63, 3.8) is 0 Å². The molecule has 0 aliphatic rings. The lowest BCUT2D eigenvalue weighted by molar-refractivity contribution is 0.200. The molecule has 0 fully saturated rings. The van der Waals surface area contributed by atoms with Crippen LogP contribution < -0.4 is 11.5 Å². The van der Waals surface area contributed by atoms with Crippen LogP contribution in [-0.2, 0) is 0 Å². The Morgan fingerprint density at radius 1 is 1.45 bits per heavy atom. The van der Waals surface area contributed by atoms with Gasteiger partial charge >= 0.3 is 0 Å². The zero-order valence-electron chi connectivity index (χ0n) is 5.61. The fourth-order valence-corrected chi connectivity index (χ4v) is 1.91. The average Bonchev–Trinajstić information content (AvgIpc) is 2.41. The second kappa shape index (κ2) is 1.82. The number of nitrogen functional groups attached to an aromatic ring is 2. The van der Waals surface area contributed by atoms with Gasteiger partial charge in [-0.15, -0.1) is 11.3 Å². The minimum Gasteiger partial charge on any atom is -0.428 e. The molecule has 0 atom stereocenters. The third-order valence-electron chi connectivity index (χ3n) is 1.57. The molecule has 11 heavy (non-hydrogen) atoms. The number of nitrogens with zero attached hydrogens (tertiary/aromatic N) is 1. The molecule has 0 bridgehead atoms. The first-order valence-electron chi connectivity index (χ1n) is 3.04. The van der Waals surface area contributed by atoms with E-state index in [9.17, 15) is 5.21 Å². The second-order valence-corrected chi connectivity index (χ2v) is 3.34. The Kier molecular flexibility index (Phi) is 1.05. The van der Waals surface area contributed by atoms with Gasteiger partial charge in [0.1, 0.15) is 10.5 Å². The van der Waals surface area contributed by atoms with E-state index in [0.717, 1.165) is 9.43 Å². The fourth-order valence-electron chi connectivity index (χ4n) is 1.03. The summed E-state index contributed by atoms with van der Waals surface area (Å²) in [5, 5.41) is 9.75. The van der Waals surface area contributed by atoms with Crippen LogP contribution in [0.15, 0.2) is 12.3 Å². The summed E-state index contributed by atoms with van der Waals surface area (Å²) in [5.41, 5.74) is 12.2. The Morgan fingerprint density at radius 3 is 2.82 bits per heavy atom. The SMILES string of the molecule is Nc1sc2ccn(O)c2c1N. The van der Waals surface area contributed by atoms with Gasteiger partial charge in [0.2, 0.25) is 0 Å². The van der Waals surface area contributed by atoms with E-state index in [1.165, 1.54) is 17.5 Å². The van der Waals surface area contributed by atoms with Crippen LogP contribution in [0, 0.1) is 0 Å². The Hall–Kier alpha value is -1.36. The minimum absolute atomic E-state index is 0.456. The van der Waals surface area contributed by atoms with Gasteiger partial charge in [-0.2, -0.15) is 4.73 Å². The molecule has 0 unspecified atom stereocenters. The smallest absolute Gasteiger partial charge is 0.122 e. The number of nitrogens with two attached hydrogens (primary N) is 2. The zero-order valence-corrected chi connectivity index (χ0v) is 6.43. The summed E-state index contributed by atoms with van der Waals surface area (Å²) >= 11 is 1.37. The molecule has 0 saturated heterocycles. The van der Waals surface area contributed by atoms with Crippen LogP contribution >= 0.6 is 11.3 Å². The van der Waals surface area contributed by atoms with E-state index in [1.807, 2.05) is 0 Å². The van der Waals surface area contributed by atoms with Crippen molar-refractivity contribution < 1.29 is 5.21 Å². The molecular weight excluding hydrogens is 162 g/mol. The van der Waals surface area contributed by atoms with Crippen molar-refractivity contribution in [2.45, 2.75) is 0 Å². The third-order valence-corrected chi connectivity index (χ3v) is 2.56. The van der Waals surface area contributed by atoms with Crippen LogP contribution in [0.25, 0.3) is 10.2 Å². The van der Waals surface area contributed by atoms with Crippen LogP contribution in [0.5, 0.6) is 0 Å². The third kappa shape index (κ3) is 0.682. The molecule has 2 aromatic rings. The molecule has 0 spiro atoms. The molecule has 2 aromatic heterocycles. The van der Waals surface area contributed by atoms with Crippen LogP contribution in [0.4, 0.5) is 10.7 Å². The molecule has 5 N–H and O–H groups in total. The predicted octanol–water partition coefficient (Wildman–Crippen LogP) is 1.10. The number of hydrogen-bond donors (Lipinski definition) is 3. The summed E-state index contributed by atoms with van der Waals surface area (Å²) < 4.78 is 1.89. The summed E-state index contributed by atoms with van der Waals surface area (Å²) in [5.74, 6) is 0. The summed E-state index contributed by atoms with van der Waals surface area (Å²) in [6.45, 7) is 0. The van der Waals surface area contributed by atoms with Gasteiger partial charge in [0.05, 0.1) is 10.4 Å². The van der Waals surface area contributed by atoms with Crippen LogP contribution in [0.2, 0.25) is 0 Å². The van der Waals surface area contributed by atoms with Gasteiger partial charge in [-0.1, -0.05) is 0 Å². The van der Waals surface area contributed by atoms with Crippen molar-refractivity contribution in [3.05, 3.63) is 12.3 Å². The van der Waals surface area contributed by atoms with Crippen LogP contribution in [0.3, 0.4) is 0 Å². The number of thiophene rings is 1. The highest BCUT2D eigenvalue weighted by Gasteiger charge is 2.09. The van der Waals surface area contributed by atoms with E-state index in [2.05, 4.69) is 0 Å². The summed E-state index contributed by atoms with van der Waals surface area (Å²) in [6, 6.07) is 1.77. The first-order valence-corrected chi connectivity index (χ1v) is 3.86. The lowest BCUT2D eigenvalue weighted by atomic mass is 10.4. The van der Waals surface area contributed by atoms with E-state index >= 15 is 0 Å². The summed E-state index contributed by atoms with van der Waals surface area (Å²) in [4.78, 5) is 0. The molecule has 0 saturated carbocycles. The lowest BCUT2D eigenvalue weighted by Gasteiger charge is -1.92. The number of aromatic nitrogens is 1. The van der Waals surface area contributed by atoms with Crippen molar-refractivity contribution >= 4 is 32.2 Å². The normalized spacial score (nSPS) is 10.9. The molecule has 0 amide bonds. The Morgan fingerprint density at radius 2 is 2.18 bits per heavy atom. The predicted molar refractivity (Wildman–Crippen MR) is 45.8 cm³/mol. The maximum absolute atomic E-state index is 9.19. The monoisotopic (exact) mass is 169 g/mol. The number of anilines is 2. The first kappa shape index (κ1) is 6.36. The highest BCUT2D eigenvalue weighted by molar-refractivity contribution is 7.23. The maximum atomic E-state index is 9.19. The zero-order chi connectivity index (χ0) is 8.01. The van der Waals surface area contributed by atoms with Gasteiger partial charge in [-0.05, 0) is 6.07 Å². The second-order valence-electron chi connectivity index (χ2n) is 2.25. The molecule has 5 heteroatoms. The average molecular weight is 169 g/mol. The number of fused-ring (bicyclic) bond motifs is 1. The largest absolute Gasteiger partial charge is 0.428 e. The maximum Gasteiger partial charge on any atom is 0.122 e. The molecule has 2 heterocycles. The van der Waals surface area contributed by atoms with Gasteiger partial charge in [0.15, 0.2) is 0 Å². The Labute approximate surface area is 66.6 Å². The number of rotatable bonds is 0. The van der Waals surface area contributed by atoms with Crippen molar-refractivity contribution in [2.75, 3.05) is 11.5 Å². The van der Waals surface area contributed by atoms with E-state index in [-0.39, 0.29) is 0 Å². The van der Waals surface area contributed by atoms with E-state index in [1.54, 1.807) is 6.07 Å². The van der Waals surface area contributed by atoms with Gasteiger partial charge in [0, 0.05) is 6.20 Å². The Bertz CT molecular complexity index is 403. The lowest BCUT2D eigenvalue weighted by Crippen LogP contribution is -1.93. The molecule has 4 nitrogen and oxygen atoms in total. The fraction of sp³-hybridized carbons (Fsp3) is 0. The van der Waals surface area contributed by atoms with E-state index < -0.39 is 0 Å². The van der Waals surface area contributed by atoms with Crippen LogP contribution in [0.1, 0.15) is 0 Å². The van der Waals surface area contributed by atoms with Crippen molar-refractivity contribution in [1.82, 2.24) is 4.73 Å². The first-order chi connectivity index (χ1) is 5.20. The van der Waals surface area contributed by atoms with Crippen molar-refractivity contribution in [2.24, 2.45) is 0 Å². The summed E-state index contributed by atoms with van der Waals surface area (Å²) in [7, 11) is 0. The van der Waals surface area contributed by atoms with Gasteiger partial charge < -0.3 is 16.7 Å². The van der Waals surface area contributed by atoms with E-state index in [0.29, 0.717) is 16.2 Å². The molecule has 0 aromatic carbocycles. The van der Waals surface area contributed by atoms with Crippen molar-refractivity contribution in [1.29, 1.82) is 0 Å². The van der Waals surface area contributed by atoms with Gasteiger partial charge in [-0.3, -0.25) is 0 Å². The molecule has 0 radical (unpaired) electrons. The molecule has 0 aliphatic heterocycles. The highest BCUT2D eigenvalue weighted by Crippen LogP contribution is 2.35. The molecule has 58 valence electrons. The quantitative estimate of drug-likeness (QED) is 0.517. The van der Waals surface area contributed by atoms with Gasteiger partial charge in [0.25, 0.3) is 0 Å².